The number of pyridine rings is 1. The number of carbonyl (C=O) groups excluding carboxylic acids is 2. The molecule has 1 aliphatic heterocycles. The molecule has 2 unspecified atom stereocenters. The lowest BCUT2D eigenvalue weighted by atomic mass is 9.98. The highest BCUT2D eigenvalue weighted by Crippen LogP contribution is 2.46. The summed E-state index contributed by atoms with van der Waals surface area (Å²) in [5.41, 5.74) is 5.51. The Bertz CT molecular complexity index is 1190. The van der Waals surface area contributed by atoms with E-state index in [2.05, 4.69) is 5.09 Å². The van der Waals surface area contributed by atoms with Crippen LogP contribution in [0.4, 0.5) is 0 Å². The summed E-state index contributed by atoms with van der Waals surface area (Å²) in [4.78, 5) is 24.3. The lowest BCUT2D eigenvalue weighted by molar-refractivity contribution is -0.765. The zero-order valence-corrected chi connectivity index (χ0v) is 23.7. The summed E-state index contributed by atoms with van der Waals surface area (Å²) in [6.07, 6.45) is 2.40. The zero-order valence-electron chi connectivity index (χ0n) is 22.0. The number of aliphatic hydroxyl groups excluding tert-OH is 2. The first-order valence-corrected chi connectivity index (χ1v) is 14.5. The minimum atomic E-state index is -4.21. The van der Waals surface area contributed by atoms with Crippen LogP contribution < -0.4 is 32.3 Å². The Morgan fingerprint density at radius 3 is 2.50 bits per heavy atom. The van der Waals surface area contributed by atoms with Gasteiger partial charge in [-0.25, -0.2) is 4.57 Å². The SMILES string of the molecule is CC(NP(=O)(OC[C@H]1O[C@@H]([n+]2cccc(C(N)=O)c2)[C@H](O)[C@@H]1O)Oc1ccccc1)C(=O)OC1CCCCC1.[Cl-]. The first-order chi connectivity index (χ1) is 18.6. The van der Waals surface area contributed by atoms with Crippen LogP contribution in [-0.2, 0) is 23.4 Å². The highest BCUT2D eigenvalue weighted by Gasteiger charge is 2.49. The van der Waals surface area contributed by atoms with Gasteiger partial charge in [0.1, 0.15) is 35.7 Å². The van der Waals surface area contributed by atoms with Crippen LogP contribution in [0, 0.1) is 0 Å². The number of aromatic nitrogens is 1. The molecule has 1 aromatic carbocycles. The number of hydrogen-bond acceptors (Lipinski definition) is 9. The van der Waals surface area contributed by atoms with E-state index in [9.17, 15) is 24.4 Å². The second-order valence-electron chi connectivity index (χ2n) is 9.70. The van der Waals surface area contributed by atoms with Crippen molar-refractivity contribution >= 4 is 19.6 Å². The Labute approximate surface area is 238 Å². The third kappa shape index (κ3) is 8.23. The van der Waals surface area contributed by atoms with E-state index in [0.29, 0.717) is 0 Å². The fourth-order valence-corrected chi connectivity index (χ4v) is 6.03. The normalized spacial score (nSPS) is 25.3. The summed E-state index contributed by atoms with van der Waals surface area (Å²) >= 11 is 0. The van der Waals surface area contributed by atoms with Gasteiger partial charge >= 0.3 is 13.7 Å². The number of para-hydroxylation sites is 1. The maximum Gasteiger partial charge on any atom is 0.459 e. The monoisotopic (exact) mass is 599 g/mol. The molecule has 6 atom stereocenters. The van der Waals surface area contributed by atoms with Crippen LogP contribution in [0.5, 0.6) is 5.75 Å². The summed E-state index contributed by atoms with van der Waals surface area (Å²) in [5.74, 6) is -1.02. The van der Waals surface area contributed by atoms with Gasteiger partial charge in [-0.3, -0.25) is 14.1 Å². The molecule has 14 heteroatoms. The first-order valence-electron chi connectivity index (χ1n) is 12.9. The number of ether oxygens (including phenoxy) is 2. The van der Waals surface area contributed by atoms with Crippen molar-refractivity contribution in [3.63, 3.8) is 0 Å². The number of amides is 1. The van der Waals surface area contributed by atoms with Crippen LogP contribution >= 0.6 is 7.75 Å². The highest BCUT2D eigenvalue weighted by atomic mass is 35.5. The maximum absolute atomic E-state index is 13.8. The Morgan fingerprint density at radius 1 is 1.12 bits per heavy atom. The molecule has 2 fully saturated rings. The average molecular weight is 600 g/mol. The fraction of sp³-hybridized carbons (Fsp3) is 0.500. The third-order valence-corrected chi connectivity index (χ3v) is 8.30. The Hall–Kier alpha value is -2.57. The molecule has 2 heterocycles. The number of nitrogens with one attached hydrogen (secondary N) is 1. The van der Waals surface area contributed by atoms with Crippen molar-refractivity contribution in [1.29, 1.82) is 0 Å². The molecule has 12 nitrogen and oxygen atoms in total. The predicted molar refractivity (Wildman–Crippen MR) is 137 cm³/mol. The van der Waals surface area contributed by atoms with E-state index in [-0.39, 0.29) is 29.8 Å². The standard InChI is InChI=1S/C26H34N3O9P.ClH/c1-17(26(33)36-19-10-4-2-5-11-19)28-39(34,38-20-12-6-3-7-13-20)35-16-21-22(30)23(31)25(37-21)29-14-8-9-18(15-29)24(27)32;/h3,6-9,12-15,17,19,21-23,25,30-31H,2,4-5,10-11,16H2,1H3,(H2-,27,28,32,34);1H/t17?,21-,22-,23-,25-,39?;/m1./s1. The number of carbonyl (C=O) groups is 2. The van der Waals surface area contributed by atoms with Crippen molar-refractivity contribution in [2.75, 3.05) is 6.61 Å². The topological polar surface area (TPSA) is 171 Å². The van der Waals surface area contributed by atoms with Crippen LogP contribution in [0.15, 0.2) is 54.9 Å². The molecular formula is C26H35ClN3O9P. The molecule has 40 heavy (non-hydrogen) atoms. The van der Waals surface area contributed by atoms with E-state index in [4.69, 9.17) is 24.3 Å². The minimum absolute atomic E-state index is 0. The maximum atomic E-state index is 13.8. The fourth-order valence-electron chi connectivity index (χ4n) is 4.53. The Kier molecular flexibility index (Phi) is 11.5. The Morgan fingerprint density at radius 2 is 1.82 bits per heavy atom. The van der Waals surface area contributed by atoms with Crippen molar-refractivity contribution in [2.24, 2.45) is 5.73 Å². The van der Waals surface area contributed by atoms with Gasteiger partial charge in [0.05, 0.1) is 6.61 Å². The highest BCUT2D eigenvalue weighted by molar-refractivity contribution is 7.52. The van der Waals surface area contributed by atoms with Gasteiger partial charge in [0.15, 0.2) is 18.5 Å². The lowest BCUT2D eigenvalue weighted by Crippen LogP contribution is -3.00. The number of benzene rings is 1. The third-order valence-electron chi connectivity index (χ3n) is 6.66. The second-order valence-corrected chi connectivity index (χ2v) is 11.4. The number of rotatable bonds is 11. The molecule has 4 rings (SSSR count). The molecule has 1 aromatic heterocycles. The van der Waals surface area contributed by atoms with Crippen molar-refractivity contribution in [1.82, 2.24) is 5.09 Å². The molecular weight excluding hydrogens is 565 g/mol. The molecule has 0 spiro atoms. The van der Waals surface area contributed by atoms with Crippen molar-refractivity contribution in [2.45, 2.75) is 75.7 Å². The van der Waals surface area contributed by atoms with Crippen LogP contribution in [0.1, 0.15) is 55.6 Å². The van der Waals surface area contributed by atoms with Crippen LogP contribution in [0.3, 0.4) is 0 Å². The lowest BCUT2D eigenvalue weighted by Gasteiger charge is -2.26. The van der Waals surface area contributed by atoms with Crippen LogP contribution in [0.25, 0.3) is 0 Å². The molecule has 220 valence electrons. The summed E-state index contributed by atoms with van der Waals surface area (Å²) in [5, 5.41) is 23.9. The molecule has 1 aliphatic carbocycles. The summed E-state index contributed by atoms with van der Waals surface area (Å²) in [6, 6.07) is 10.3. The van der Waals surface area contributed by atoms with Gasteiger partial charge in [-0.05, 0) is 50.8 Å². The quantitative estimate of drug-likeness (QED) is 0.139. The number of aliphatic hydroxyl groups is 2. The molecule has 0 radical (unpaired) electrons. The van der Waals surface area contributed by atoms with Gasteiger partial charge in [0.25, 0.3) is 12.1 Å². The number of nitrogens with zero attached hydrogens (tertiary/aromatic N) is 1. The van der Waals surface area contributed by atoms with Crippen LogP contribution in [0.2, 0.25) is 0 Å². The first kappa shape index (κ1) is 32.0. The Balaban J connectivity index is 0.00000441. The van der Waals surface area contributed by atoms with Crippen LogP contribution in [-0.4, -0.2) is 59.2 Å². The zero-order chi connectivity index (χ0) is 28.0. The van der Waals surface area contributed by atoms with Gasteiger partial charge in [0, 0.05) is 6.07 Å². The number of hydrogen-bond donors (Lipinski definition) is 4. The molecule has 1 amide bonds. The molecule has 1 saturated heterocycles. The minimum Gasteiger partial charge on any atom is -1.00 e. The molecule has 5 N–H and O–H groups in total. The van der Waals surface area contributed by atoms with Gasteiger partial charge in [0.2, 0.25) is 0 Å². The molecule has 2 aliphatic rings. The summed E-state index contributed by atoms with van der Waals surface area (Å²) in [6.45, 7) is 1.05. The average Bonchev–Trinajstić information content (AvgIpc) is 3.22. The number of nitrogens with two attached hydrogens (primary N) is 1. The molecule has 2 aromatic rings. The van der Waals surface area contributed by atoms with Gasteiger partial charge < -0.3 is 42.4 Å². The smallest absolute Gasteiger partial charge is 0.459 e. The van der Waals surface area contributed by atoms with Crippen molar-refractivity contribution < 1.29 is 59.9 Å². The predicted octanol–water partition coefficient (Wildman–Crippen LogP) is -1.25. The number of halogens is 1. The van der Waals surface area contributed by atoms with E-state index in [1.165, 1.54) is 23.8 Å². The van der Waals surface area contributed by atoms with E-state index in [1.54, 1.807) is 42.6 Å². The largest absolute Gasteiger partial charge is 1.00 e. The van der Waals surface area contributed by atoms with E-state index >= 15 is 0 Å². The number of primary amides is 1. The molecule has 1 saturated carbocycles. The van der Waals surface area contributed by atoms with E-state index < -0.39 is 56.8 Å². The van der Waals surface area contributed by atoms with Gasteiger partial charge in [-0.1, -0.05) is 24.6 Å². The van der Waals surface area contributed by atoms with Crippen molar-refractivity contribution in [3.05, 3.63) is 60.4 Å². The summed E-state index contributed by atoms with van der Waals surface area (Å²) < 4.78 is 37.8. The molecule has 0 bridgehead atoms. The van der Waals surface area contributed by atoms with Crippen molar-refractivity contribution in [3.8, 4) is 5.75 Å². The number of esters is 1. The second kappa shape index (κ2) is 14.4. The van der Waals surface area contributed by atoms with E-state index in [1.807, 2.05) is 0 Å². The van der Waals surface area contributed by atoms with Gasteiger partial charge in [-0.2, -0.15) is 9.65 Å². The van der Waals surface area contributed by atoms with Gasteiger partial charge in [-0.15, -0.1) is 0 Å². The van der Waals surface area contributed by atoms with E-state index in [0.717, 1.165) is 32.1 Å². The summed E-state index contributed by atoms with van der Waals surface area (Å²) in [7, 11) is -4.21.